The lowest BCUT2D eigenvalue weighted by molar-refractivity contribution is 1.19. The second-order valence-corrected chi connectivity index (χ2v) is 11.7. The normalized spacial score (nSPS) is 11.6. The summed E-state index contributed by atoms with van der Waals surface area (Å²) in [4.78, 5) is 2.55. The molecule has 0 bridgehead atoms. The average Bonchev–Trinajstić information content (AvgIpc) is 3.49. The van der Waals surface area contributed by atoms with Crippen LogP contribution in [0.3, 0.4) is 0 Å². The molecule has 0 spiro atoms. The maximum Gasteiger partial charge on any atom is 0.0588 e. The summed E-state index contributed by atoms with van der Waals surface area (Å²) >= 11 is 0. The summed E-state index contributed by atoms with van der Waals surface area (Å²) < 4.78 is 0. The van der Waals surface area contributed by atoms with E-state index >= 15 is 0 Å². The molecule has 0 radical (unpaired) electrons. The first-order chi connectivity index (χ1) is 22.3. The Hall–Kier alpha value is -5.66. The zero-order valence-electron chi connectivity index (χ0n) is 25.3. The van der Waals surface area contributed by atoms with Gasteiger partial charge in [0.25, 0.3) is 0 Å². The zero-order chi connectivity index (χ0) is 30.2. The van der Waals surface area contributed by atoms with Gasteiger partial charge < -0.3 is 4.90 Å². The molecule has 1 aliphatic rings. The number of fused-ring (bicyclic) bond motifs is 3. The van der Waals surface area contributed by atoms with Gasteiger partial charge in [0.05, 0.1) is 11.4 Å². The van der Waals surface area contributed by atoms with Gasteiger partial charge in [0.1, 0.15) is 0 Å². The van der Waals surface area contributed by atoms with Crippen molar-refractivity contribution < 1.29 is 0 Å². The molecular weight excluding hydrogens is 542 g/mol. The highest BCUT2D eigenvalue weighted by Crippen LogP contribution is 2.55. The molecule has 1 nitrogen and oxygen atoms in total. The van der Waals surface area contributed by atoms with Crippen LogP contribution in [0.5, 0.6) is 0 Å². The van der Waals surface area contributed by atoms with Gasteiger partial charge in [0.15, 0.2) is 0 Å². The Balaban J connectivity index is 1.55. The fourth-order valence-electron chi connectivity index (χ4n) is 6.96. The summed E-state index contributed by atoms with van der Waals surface area (Å²) in [6, 6.07) is 61.7. The third-order valence-electron chi connectivity index (χ3n) is 9.04. The number of nitrogens with zero attached hydrogens (tertiary/aromatic N) is 1. The Morgan fingerprint density at radius 3 is 1.60 bits per heavy atom. The molecule has 0 aliphatic heterocycles. The number of rotatable bonds is 6. The maximum absolute atomic E-state index is 2.55. The van der Waals surface area contributed by atoms with Crippen molar-refractivity contribution in [3.05, 3.63) is 187 Å². The van der Waals surface area contributed by atoms with Gasteiger partial charge in [0, 0.05) is 23.2 Å². The third-order valence-corrected chi connectivity index (χ3v) is 9.04. The average molecular weight is 576 g/mol. The van der Waals surface area contributed by atoms with E-state index in [1.807, 2.05) is 0 Å². The molecule has 0 atom stereocenters. The molecule has 0 heterocycles. The van der Waals surface area contributed by atoms with Crippen LogP contribution in [0.2, 0.25) is 0 Å². The maximum atomic E-state index is 2.55. The quantitative estimate of drug-likeness (QED) is 0.191. The first-order valence-corrected chi connectivity index (χ1v) is 15.7. The first-order valence-electron chi connectivity index (χ1n) is 15.7. The summed E-state index contributed by atoms with van der Waals surface area (Å²) in [5.41, 5.74) is 17.5. The molecule has 7 aromatic carbocycles. The standard InChI is InChI=1S/C44H33N/c1-31-17-11-15-27-41(31)45(42-28-16-14-26-37(42)32-18-5-2-6-19-32)44-40-29-35-24-12-13-25-36(35)39(40)30-38(33-20-7-3-8-21-33)43(44)34-22-9-4-10-23-34/h2-28,30H,29H2,1H3. The second-order valence-electron chi connectivity index (χ2n) is 11.7. The molecule has 0 saturated heterocycles. The molecule has 0 amide bonds. The van der Waals surface area contributed by atoms with E-state index in [0.717, 1.165) is 6.42 Å². The smallest absolute Gasteiger partial charge is 0.0588 e. The SMILES string of the molecule is Cc1ccccc1N(c1ccccc1-c1ccccc1)c1c2c(cc(-c3ccccc3)c1-c1ccccc1)-c1ccccc1C2. The predicted octanol–water partition coefficient (Wildman–Crippen LogP) is 12.0. The van der Waals surface area contributed by atoms with Crippen molar-refractivity contribution in [1.82, 2.24) is 0 Å². The van der Waals surface area contributed by atoms with Crippen LogP contribution in [0, 0.1) is 6.92 Å². The summed E-state index contributed by atoms with van der Waals surface area (Å²) in [5.74, 6) is 0. The highest BCUT2D eigenvalue weighted by molar-refractivity contribution is 6.05. The zero-order valence-corrected chi connectivity index (χ0v) is 25.3. The Morgan fingerprint density at radius 1 is 0.422 bits per heavy atom. The first kappa shape index (κ1) is 26.9. The molecule has 0 N–H and O–H groups in total. The van der Waals surface area contributed by atoms with Gasteiger partial charge in [-0.2, -0.15) is 0 Å². The van der Waals surface area contributed by atoms with E-state index in [-0.39, 0.29) is 0 Å². The number of aryl methyl sites for hydroxylation is 1. The Kier molecular flexibility index (Phi) is 6.85. The van der Waals surface area contributed by atoms with E-state index in [1.54, 1.807) is 0 Å². The van der Waals surface area contributed by atoms with Crippen LogP contribution >= 0.6 is 0 Å². The summed E-state index contributed by atoms with van der Waals surface area (Å²) in [5, 5.41) is 0. The van der Waals surface area contributed by atoms with Crippen molar-refractivity contribution in [1.29, 1.82) is 0 Å². The lowest BCUT2D eigenvalue weighted by atomic mass is 9.86. The van der Waals surface area contributed by atoms with Crippen LogP contribution in [0.15, 0.2) is 170 Å². The molecule has 7 aromatic rings. The van der Waals surface area contributed by atoms with Gasteiger partial charge >= 0.3 is 0 Å². The Bertz CT molecular complexity index is 2130. The van der Waals surface area contributed by atoms with Gasteiger partial charge in [-0.05, 0) is 75.2 Å². The van der Waals surface area contributed by atoms with E-state index in [0.29, 0.717) is 0 Å². The van der Waals surface area contributed by atoms with Crippen LogP contribution in [-0.2, 0) is 6.42 Å². The molecule has 0 saturated carbocycles. The second kappa shape index (κ2) is 11.4. The molecule has 8 rings (SSSR count). The molecule has 1 heteroatoms. The van der Waals surface area contributed by atoms with E-state index < -0.39 is 0 Å². The highest BCUT2D eigenvalue weighted by atomic mass is 15.2. The van der Waals surface area contributed by atoms with Crippen LogP contribution in [0.1, 0.15) is 16.7 Å². The number of anilines is 3. The summed E-state index contributed by atoms with van der Waals surface area (Å²) in [6.45, 7) is 2.23. The fourth-order valence-corrected chi connectivity index (χ4v) is 6.96. The minimum atomic E-state index is 0.881. The monoisotopic (exact) mass is 575 g/mol. The van der Waals surface area contributed by atoms with E-state index in [2.05, 4.69) is 182 Å². The van der Waals surface area contributed by atoms with Crippen molar-refractivity contribution in [3.63, 3.8) is 0 Å². The molecule has 214 valence electrons. The van der Waals surface area contributed by atoms with Gasteiger partial charge in [-0.3, -0.25) is 0 Å². The summed E-state index contributed by atoms with van der Waals surface area (Å²) in [6.07, 6.45) is 0.881. The molecule has 0 aromatic heterocycles. The van der Waals surface area contributed by atoms with Crippen molar-refractivity contribution in [2.75, 3.05) is 4.90 Å². The molecular formula is C44H33N. The van der Waals surface area contributed by atoms with Crippen molar-refractivity contribution in [2.45, 2.75) is 13.3 Å². The number of benzene rings is 7. The third kappa shape index (κ3) is 4.74. The topological polar surface area (TPSA) is 3.24 Å². The molecule has 45 heavy (non-hydrogen) atoms. The van der Waals surface area contributed by atoms with Crippen LogP contribution in [0.4, 0.5) is 17.1 Å². The number of hydrogen-bond donors (Lipinski definition) is 0. The molecule has 0 unspecified atom stereocenters. The highest BCUT2D eigenvalue weighted by Gasteiger charge is 2.32. The van der Waals surface area contributed by atoms with Crippen molar-refractivity contribution in [2.24, 2.45) is 0 Å². The van der Waals surface area contributed by atoms with Gasteiger partial charge in [0.2, 0.25) is 0 Å². The van der Waals surface area contributed by atoms with Gasteiger partial charge in [-0.15, -0.1) is 0 Å². The van der Waals surface area contributed by atoms with Crippen molar-refractivity contribution >= 4 is 17.1 Å². The molecule has 0 fully saturated rings. The van der Waals surface area contributed by atoms with Gasteiger partial charge in [-0.1, -0.05) is 152 Å². The lowest BCUT2D eigenvalue weighted by Gasteiger charge is -2.34. The van der Waals surface area contributed by atoms with Crippen LogP contribution in [-0.4, -0.2) is 0 Å². The predicted molar refractivity (Wildman–Crippen MR) is 190 cm³/mol. The van der Waals surface area contributed by atoms with E-state index in [1.165, 1.54) is 78.3 Å². The minimum Gasteiger partial charge on any atom is -0.309 e. The lowest BCUT2D eigenvalue weighted by Crippen LogP contribution is -2.16. The van der Waals surface area contributed by atoms with E-state index in [4.69, 9.17) is 0 Å². The molecule has 1 aliphatic carbocycles. The fraction of sp³-hybridized carbons (Fsp3) is 0.0455. The largest absolute Gasteiger partial charge is 0.309 e. The van der Waals surface area contributed by atoms with Crippen molar-refractivity contribution in [3.8, 4) is 44.5 Å². The van der Waals surface area contributed by atoms with Crippen LogP contribution < -0.4 is 4.90 Å². The van der Waals surface area contributed by atoms with E-state index in [9.17, 15) is 0 Å². The van der Waals surface area contributed by atoms with Gasteiger partial charge in [-0.25, -0.2) is 0 Å². The Labute approximate surface area is 265 Å². The number of para-hydroxylation sites is 2. The summed E-state index contributed by atoms with van der Waals surface area (Å²) in [7, 11) is 0. The van der Waals surface area contributed by atoms with Crippen LogP contribution in [0.25, 0.3) is 44.5 Å². The Morgan fingerprint density at radius 2 is 0.933 bits per heavy atom. The number of hydrogen-bond acceptors (Lipinski definition) is 1. The minimum absolute atomic E-state index is 0.881.